The predicted octanol–water partition coefficient (Wildman–Crippen LogP) is 0.444. The molecule has 0 bridgehead atoms. The van der Waals surface area contributed by atoms with E-state index in [0.29, 0.717) is 0 Å². The van der Waals surface area contributed by atoms with E-state index < -0.39 is 20.7 Å². The number of Topliss-reactive ketones (excluding diaryl/α,β-unsaturated/α-hetero) is 1. The highest BCUT2D eigenvalue weighted by atomic mass is 32.2. The van der Waals surface area contributed by atoms with E-state index in [0.717, 1.165) is 0 Å². The van der Waals surface area contributed by atoms with Gasteiger partial charge in [0, 0.05) is 5.56 Å². The number of benzene rings is 1. The Balaban J connectivity index is 2.88. The topological polar surface area (TPSA) is 83.8 Å². The van der Waals surface area contributed by atoms with Gasteiger partial charge in [-0.1, -0.05) is 17.3 Å². The monoisotopic (exact) mass is 211 g/mol. The highest BCUT2D eigenvalue weighted by Crippen LogP contribution is 2.27. The Hall–Kier alpha value is -1.69. The fourth-order valence-corrected chi connectivity index (χ4v) is 2.71. The summed E-state index contributed by atoms with van der Waals surface area (Å²) in [6.45, 7) is 0. The molecule has 0 radical (unpaired) electrons. The van der Waals surface area contributed by atoms with E-state index in [1.807, 2.05) is 0 Å². The highest BCUT2D eigenvalue weighted by molar-refractivity contribution is 8.09. The molecule has 2 rings (SSSR count). The molecule has 0 unspecified atom stereocenters. The first-order valence-corrected chi connectivity index (χ1v) is 5.18. The lowest BCUT2D eigenvalue weighted by atomic mass is 10.1. The van der Waals surface area contributed by atoms with Crippen molar-refractivity contribution >= 4 is 20.7 Å². The number of ketones is 1. The molecule has 0 fully saturated rings. The average Bonchev–Trinajstić information content (AvgIpc) is 2.36. The Kier molecular flexibility index (Phi) is 1.68. The van der Waals surface area contributed by atoms with Gasteiger partial charge in [0.2, 0.25) is 20.7 Å². The van der Waals surface area contributed by atoms with Gasteiger partial charge >= 0.3 is 0 Å². The third kappa shape index (κ3) is 0.912. The minimum absolute atomic E-state index is 0.0558. The van der Waals surface area contributed by atoms with Crippen molar-refractivity contribution in [3.8, 4) is 0 Å². The Labute approximate surface area is 79.6 Å². The van der Waals surface area contributed by atoms with Gasteiger partial charge in [0.25, 0.3) is 0 Å². The second-order valence-corrected chi connectivity index (χ2v) is 4.57. The molecule has 0 atom stereocenters. The van der Waals surface area contributed by atoms with Gasteiger partial charge in [-0.3, -0.25) is 4.79 Å². The van der Waals surface area contributed by atoms with Gasteiger partial charge in [-0.2, -0.15) is 0 Å². The van der Waals surface area contributed by atoms with E-state index in [2.05, 4.69) is 5.16 Å². The second kappa shape index (κ2) is 2.65. The molecule has 1 N–H and O–H groups in total. The molecule has 0 saturated carbocycles. The maximum absolute atomic E-state index is 11.5. The van der Waals surface area contributed by atoms with Gasteiger partial charge < -0.3 is 5.21 Å². The van der Waals surface area contributed by atoms with Crippen LogP contribution < -0.4 is 0 Å². The standard InChI is InChI=1S/C8H5NO4S/c10-7-5-3-1-2-4-6(5)14(12,13)8(7)9-11/h1-4,11H. The molecular formula is C8H5NO4S. The first-order chi connectivity index (χ1) is 6.59. The van der Waals surface area contributed by atoms with Crippen LogP contribution in [0.2, 0.25) is 0 Å². The molecule has 0 aliphatic carbocycles. The Bertz CT molecular complexity index is 544. The summed E-state index contributed by atoms with van der Waals surface area (Å²) in [5, 5.41) is 10.1. The van der Waals surface area contributed by atoms with E-state index in [9.17, 15) is 13.2 Å². The smallest absolute Gasteiger partial charge is 0.246 e. The predicted molar refractivity (Wildman–Crippen MR) is 47.2 cm³/mol. The van der Waals surface area contributed by atoms with Gasteiger partial charge in [-0.25, -0.2) is 8.42 Å². The number of fused-ring (bicyclic) bond motifs is 1. The third-order valence-electron chi connectivity index (χ3n) is 1.96. The molecule has 5 nitrogen and oxygen atoms in total. The van der Waals surface area contributed by atoms with Crippen LogP contribution >= 0.6 is 0 Å². The highest BCUT2D eigenvalue weighted by Gasteiger charge is 2.41. The Morgan fingerprint density at radius 2 is 1.86 bits per heavy atom. The van der Waals surface area contributed by atoms with Crippen molar-refractivity contribution in [3.05, 3.63) is 29.8 Å². The van der Waals surface area contributed by atoms with Crippen molar-refractivity contribution in [1.29, 1.82) is 0 Å². The van der Waals surface area contributed by atoms with Crippen molar-refractivity contribution in [1.82, 2.24) is 0 Å². The summed E-state index contributed by atoms with van der Waals surface area (Å²) >= 11 is 0. The molecule has 6 heteroatoms. The number of hydrogen-bond donors (Lipinski definition) is 1. The summed E-state index contributed by atoms with van der Waals surface area (Å²) in [7, 11) is -3.90. The summed E-state index contributed by atoms with van der Waals surface area (Å²) in [5.74, 6) is -0.761. The second-order valence-electron chi connectivity index (χ2n) is 2.73. The van der Waals surface area contributed by atoms with Gasteiger partial charge in [0.15, 0.2) is 0 Å². The van der Waals surface area contributed by atoms with Crippen LogP contribution in [0, 0.1) is 0 Å². The van der Waals surface area contributed by atoms with Crippen LogP contribution in [0.15, 0.2) is 34.3 Å². The van der Waals surface area contributed by atoms with Crippen LogP contribution in [0.1, 0.15) is 10.4 Å². The van der Waals surface area contributed by atoms with E-state index in [4.69, 9.17) is 5.21 Å². The average molecular weight is 211 g/mol. The number of oxime groups is 1. The molecule has 1 aromatic carbocycles. The van der Waals surface area contributed by atoms with Crippen LogP contribution in [-0.4, -0.2) is 24.5 Å². The van der Waals surface area contributed by atoms with Crippen LogP contribution in [0.5, 0.6) is 0 Å². The van der Waals surface area contributed by atoms with Crippen LogP contribution in [0.25, 0.3) is 0 Å². The number of nitrogens with zero attached hydrogens (tertiary/aromatic N) is 1. The number of carbonyl (C=O) groups excluding carboxylic acids is 1. The molecule has 0 saturated heterocycles. The molecule has 0 amide bonds. The summed E-state index contributed by atoms with van der Waals surface area (Å²) in [6, 6.07) is 5.74. The molecule has 1 aromatic rings. The molecule has 72 valence electrons. The minimum Gasteiger partial charge on any atom is -0.410 e. The third-order valence-corrected chi connectivity index (χ3v) is 3.67. The number of sulfone groups is 1. The summed E-state index contributed by atoms with van der Waals surface area (Å²) in [4.78, 5) is 11.3. The Morgan fingerprint density at radius 3 is 2.43 bits per heavy atom. The molecule has 14 heavy (non-hydrogen) atoms. The van der Waals surface area contributed by atoms with Gasteiger partial charge in [-0.15, -0.1) is 0 Å². The quantitative estimate of drug-likeness (QED) is 0.498. The normalized spacial score (nSPS) is 21.1. The zero-order valence-corrected chi connectivity index (χ0v) is 7.65. The maximum atomic E-state index is 11.5. The fourth-order valence-electron chi connectivity index (χ4n) is 1.33. The first-order valence-electron chi connectivity index (χ1n) is 3.70. The lowest BCUT2D eigenvalue weighted by Crippen LogP contribution is -2.14. The molecular weight excluding hydrogens is 206 g/mol. The molecule has 1 aliphatic rings. The van der Waals surface area contributed by atoms with E-state index in [-0.39, 0.29) is 10.5 Å². The fraction of sp³-hybridized carbons (Fsp3) is 0. The molecule has 0 spiro atoms. The lowest BCUT2D eigenvalue weighted by molar-refractivity contribution is 0.106. The zero-order chi connectivity index (χ0) is 10.3. The van der Waals surface area contributed by atoms with Gasteiger partial charge in [0.05, 0.1) is 4.90 Å². The lowest BCUT2D eigenvalue weighted by Gasteiger charge is -1.92. The number of rotatable bonds is 0. The van der Waals surface area contributed by atoms with E-state index in [1.165, 1.54) is 18.2 Å². The van der Waals surface area contributed by atoms with Crippen molar-refractivity contribution in [2.75, 3.05) is 0 Å². The number of carbonyl (C=O) groups is 1. The van der Waals surface area contributed by atoms with Crippen molar-refractivity contribution < 1.29 is 18.4 Å². The zero-order valence-electron chi connectivity index (χ0n) is 6.84. The van der Waals surface area contributed by atoms with Crippen molar-refractivity contribution in [3.63, 3.8) is 0 Å². The van der Waals surface area contributed by atoms with Crippen LogP contribution in [-0.2, 0) is 9.84 Å². The Morgan fingerprint density at radius 1 is 1.21 bits per heavy atom. The largest absolute Gasteiger partial charge is 0.410 e. The summed E-state index contributed by atoms with van der Waals surface area (Å²) in [5.41, 5.74) is 0.0558. The minimum atomic E-state index is -3.90. The first kappa shape index (κ1) is 8.89. The van der Waals surface area contributed by atoms with Crippen LogP contribution in [0.4, 0.5) is 0 Å². The van der Waals surface area contributed by atoms with Gasteiger partial charge in [-0.05, 0) is 12.1 Å². The SMILES string of the molecule is O=C1C(=NO)S(=O)(=O)c2ccccc21. The van der Waals surface area contributed by atoms with Crippen molar-refractivity contribution in [2.24, 2.45) is 5.16 Å². The summed E-state index contributed by atoms with van der Waals surface area (Å²) < 4.78 is 23.0. The molecule has 1 heterocycles. The van der Waals surface area contributed by atoms with Gasteiger partial charge in [0.1, 0.15) is 0 Å². The van der Waals surface area contributed by atoms with Crippen LogP contribution in [0.3, 0.4) is 0 Å². The van der Waals surface area contributed by atoms with E-state index >= 15 is 0 Å². The molecule has 0 aromatic heterocycles. The van der Waals surface area contributed by atoms with Crippen molar-refractivity contribution in [2.45, 2.75) is 4.90 Å². The molecule has 1 aliphatic heterocycles. The van der Waals surface area contributed by atoms with E-state index in [1.54, 1.807) is 6.07 Å². The summed E-state index contributed by atoms with van der Waals surface area (Å²) in [6.07, 6.45) is 0. The number of hydrogen-bond acceptors (Lipinski definition) is 5. The maximum Gasteiger partial charge on any atom is 0.246 e.